The van der Waals surface area contributed by atoms with Crippen LogP contribution in [-0.4, -0.2) is 21.6 Å². The number of aliphatic hydroxyl groups excluding tert-OH is 2. The minimum absolute atomic E-state index is 0.140. The van der Waals surface area contributed by atoms with Crippen LogP contribution < -0.4 is 0 Å². The second-order valence-corrected chi connectivity index (χ2v) is 2.28. The normalized spacial score (nSPS) is 12.9. The molecule has 12 heavy (non-hydrogen) atoms. The Morgan fingerprint density at radius 3 is 2.75 bits per heavy atom. The number of halogens is 1. The van der Waals surface area contributed by atoms with Gasteiger partial charge in [0.25, 0.3) is 0 Å². The summed E-state index contributed by atoms with van der Waals surface area (Å²) in [6, 6.07) is 3.13. The largest absolute Gasteiger partial charge is 0.390 e. The topological polar surface area (TPSA) is 53.4 Å². The molecule has 1 heterocycles. The van der Waals surface area contributed by atoms with Crippen LogP contribution in [0.3, 0.4) is 0 Å². The van der Waals surface area contributed by atoms with Gasteiger partial charge in [-0.05, 0) is 11.6 Å². The summed E-state index contributed by atoms with van der Waals surface area (Å²) in [6.07, 6.45) is 0.439. The van der Waals surface area contributed by atoms with Gasteiger partial charge >= 0.3 is 0 Å². The van der Waals surface area contributed by atoms with Crippen molar-refractivity contribution in [1.82, 2.24) is 4.98 Å². The number of hydrogen-bond acceptors (Lipinski definition) is 3. The van der Waals surface area contributed by atoms with Crippen molar-refractivity contribution in [2.45, 2.75) is 13.0 Å². The van der Waals surface area contributed by atoms with E-state index in [1.807, 2.05) is 0 Å². The lowest BCUT2D eigenvalue weighted by molar-refractivity contribution is 0.0759. The first-order chi connectivity index (χ1) is 5.72. The Balaban J connectivity index is 2.65. The van der Waals surface area contributed by atoms with E-state index < -0.39 is 6.36 Å². The molecule has 0 amide bonds. The van der Waals surface area contributed by atoms with Crippen LogP contribution in [0.5, 0.6) is 0 Å². The smallest absolute Gasteiger partial charge is 0.204 e. The monoisotopic (exact) mass is 170 g/mol. The summed E-state index contributed by atoms with van der Waals surface area (Å²) >= 11 is 0. The van der Waals surface area contributed by atoms with E-state index in [4.69, 9.17) is 10.2 Å². The van der Waals surface area contributed by atoms with E-state index >= 15 is 0 Å². The average Bonchev–Trinajstić information content (AvgIpc) is 2.05. The van der Waals surface area contributed by atoms with Crippen molar-refractivity contribution in [3.63, 3.8) is 0 Å². The number of pyridine rings is 1. The molecule has 0 bridgehead atoms. The van der Waals surface area contributed by atoms with Crippen molar-refractivity contribution in [3.8, 4) is 0 Å². The number of aromatic nitrogens is 1. The van der Waals surface area contributed by atoms with E-state index in [0.717, 1.165) is 6.42 Å². The zero-order chi connectivity index (χ0) is 8.97. The van der Waals surface area contributed by atoms with Crippen molar-refractivity contribution in [2.24, 2.45) is 0 Å². The summed E-state index contributed by atoms with van der Waals surface area (Å²) in [4.78, 5) is 3.79. The van der Waals surface area contributed by atoms with Gasteiger partial charge in [-0.25, -0.2) is 4.39 Å². The number of nitrogens with zero attached hydrogens (tertiary/aromatic N) is 1. The first-order valence-corrected chi connectivity index (χ1v) is 3.45. The van der Waals surface area contributed by atoms with Crippen molar-refractivity contribution in [1.29, 1.82) is 0 Å². The summed E-state index contributed by atoms with van der Waals surface area (Å²) in [5.41, 5.74) is 1.00. The summed E-state index contributed by atoms with van der Waals surface area (Å²) < 4.78 is 12.0. The molecule has 1 unspecified atom stereocenters. The van der Waals surface area contributed by atoms with Crippen LogP contribution in [-0.2, 0) is 6.61 Å². The number of rotatable bonds is 3. The lowest BCUT2D eigenvalue weighted by Crippen LogP contribution is -2.00. The lowest BCUT2D eigenvalue weighted by Gasteiger charge is -2.00. The number of alkyl halides is 1. The predicted octanol–water partition coefficient (Wildman–Crippen LogP) is 0.414. The third-order valence-electron chi connectivity index (χ3n) is 1.34. The van der Waals surface area contributed by atoms with Crippen LogP contribution >= 0.6 is 0 Å². The molecular formula is C8H9FNO2. The van der Waals surface area contributed by atoms with Crippen LogP contribution in [0.4, 0.5) is 4.39 Å². The number of hydrogen-bond donors (Lipinski definition) is 2. The highest BCUT2D eigenvalue weighted by atomic mass is 19.1. The highest BCUT2D eigenvalue weighted by Gasteiger charge is 2.02. The Kier molecular flexibility index (Phi) is 3.13. The van der Waals surface area contributed by atoms with Gasteiger partial charge in [0.1, 0.15) is 0 Å². The quantitative estimate of drug-likeness (QED) is 0.691. The molecule has 1 aromatic heterocycles. The van der Waals surface area contributed by atoms with Gasteiger partial charge in [0, 0.05) is 6.20 Å². The molecule has 3 nitrogen and oxygen atoms in total. The van der Waals surface area contributed by atoms with E-state index in [-0.39, 0.29) is 6.61 Å². The maximum absolute atomic E-state index is 12.0. The third-order valence-corrected chi connectivity index (χ3v) is 1.34. The Labute approximate surface area is 69.5 Å². The Hall–Kier alpha value is -1.00. The molecule has 0 saturated heterocycles. The standard InChI is InChI=1S/C8H9FNO2/c9-8(12)3-6-1-2-7(5-11)10-4-6/h1-4,8,11-12H,5H2. The van der Waals surface area contributed by atoms with Gasteiger partial charge in [-0.15, -0.1) is 0 Å². The fourth-order valence-electron chi connectivity index (χ4n) is 0.787. The molecule has 0 aromatic carbocycles. The fraction of sp³-hybridized carbons (Fsp3) is 0.250. The van der Waals surface area contributed by atoms with E-state index in [1.54, 1.807) is 12.1 Å². The van der Waals surface area contributed by atoms with Crippen LogP contribution in [0.2, 0.25) is 0 Å². The average molecular weight is 170 g/mol. The van der Waals surface area contributed by atoms with Crippen molar-refractivity contribution >= 4 is 0 Å². The maximum atomic E-state index is 12.0. The van der Waals surface area contributed by atoms with E-state index in [2.05, 4.69) is 4.98 Å². The van der Waals surface area contributed by atoms with Crippen LogP contribution in [0, 0.1) is 6.42 Å². The molecule has 4 heteroatoms. The molecule has 0 aliphatic carbocycles. The Morgan fingerprint density at radius 1 is 1.58 bits per heavy atom. The maximum Gasteiger partial charge on any atom is 0.204 e. The third kappa shape index (κ3) is 2.56. The zero-order valence-electron chi connectivity index (χ0n) is 6.31. The SMILES string of the molecule is OCc1ccc([CH]C(O)F)cn1. The molecule has 2 N–H and O–H groups in total. The molecule has 0 aliphatic heterocycles. The second-order valence-electron chi connectivity index (χ2n) is 2.28. The van der Waals surface area contributed by atoms with Crippen LogP contribution in [0.1, 0.15) is 11.3 Å². The van der Waals surface area contributed by atoms with Crippen molar-refractivity contribution in [3.05, 3.63) is 36.0 Å². The van der Waals surface area contributed by atoms with Crippen molar-refractivity contribution < 1.29 is 14.6 Å². The van der Waals surface area contributed by atoms with Gasteiger partial charge < -0.3 is 10.2 Å². The molecule has 1 aromatic rings. The van der Waals surface area contributed by atoms with Gasteiger partial charge in [0.05, 0.1) is 18.7 Å². The molecule has 1 rings (SSSR count). The first-order valence-electron chi connectivity index (χ1n) is 3.45. The first kappa shape index (κ1) is 9.09. The fourth-order valence-corrected chi connectivity index (χ4v) is 0.787. The van der Waals surface area contributed by atoms with Gasteiger partial charge in [-0.1, -0.05) is 6.07 Å². The van der Waals surface area contributed by atoms with Gasteiger partial charge in [0.2, 0.25) is 6.36 Å². The molecule has 0 aliphatic rings. The molecule has 1 atom stereocenters. The van der Waals surface area contributed by atoms with Gasteiger partial charge in [-0.3, -0.25) is 4.98 Å². The minimum Gasteiger partial charge on any atom is -0.390 e. The van der Waals surface area contributed by atoms with Gasteiger partial charge in [0.15, 0.2) is 0 Å². The highest BCUT2D eigenvalue weighted by molar-refractivity contribution is 5.21. The lowest BCUT2D eigenvalue weighted by atomic mass is 10.2. The molecule has 0 saturated carbocycles. The summed E-state index contributed by atoms with van der Waals surface area (Å²) in [6.45, 7) is -0.140. The molecular weight excluding hydrogens is 161 g/mol. The molecule has 0 spiro atoms. The van der Waals surface area contributed by atoms with Crippen molar-refractivity contribution in [2.75, 3.05) is 0 Å². The molecule has 1 radical (unpaired) electrons. The zero-order valence-corrected chi connectivity index (χ0v) is 6.31. The minimum atomic E-state index is -1.97. The Bertz CT molecular complexity index is 235. The summed E-state index contributed by atoms with van der Waals surface area (Å²) in [5.74, 6) is 0. The van der Waals surface area contributed by atoms with E-state index in [0.29, 0.717) is 11.3 Å². The van der Waals surface area contributed by atoms with Crippen LogP contribution in [0.25, 0.3) is 0 Å². The molecule has 65 valence electrons. The van der Waals surface area contributed by atoms with E-state index in [9.17, 15) is 4.39 Å². The Morgan fingerprint density at radius 2 is 2.33 bits per heavy atom. The summed E-state index contributed by atoms with van der Waals surface area (Å²) in [5, 5.41) is 16.9. The van der Waals surface area contributed by atoms with Gasteiger partial charge in [-0.2, -0.15) is 0 Å². The second kappa shape index (κ2) is 4.13. The number of aliphatic hydroxyl groups is 2. The highest BCUT2D eigenvalue weighted by Crippen LogP contribution is 2.06. The van der Waals surface area contributed by atoms with E-state index in [1.165, 1.54) is 6.20 Å². The predicted molar refractivity (Wildman–Crippen MR) is 40.7 cm³/mol. The molecule has 0 fully saturated rings. The van der Waals surface area contributed by atoms with Crippen LogP contribution in [0.15, 0.2) is 18.3 Å². The summed E-state index contributed by atoms with van der Waals surface area (Å²) in [7, 11) is 0.